The molecule has 1 N–H and O–H groups in total. The molecule has 1 aromatic rings. The van der Waals surface area contributed by atoms with E-state index in [2.05, 4.69) is 4.98 Å². The molecule has 0 radical (unpaired) electrons. The van der Waals surface area contributed by atoms with Gasteiger partial charge in [0.25, 0.3) is 0 Å². The Hall–Kier alpha value is -1.16. The van der Waals surface area contributed by atoms with E-state index in [0.717, 1.165) is 0 Å². The summed E-state index contributed by atoms with van der Waals surface area (Å²) in [7, 11) is 0. The van der Waals surface area contributed by atoms with E-state index in [-0.39, 0.29) is 12.5 Å². The highest BCUT2D eigenvalue weighted by Gasteiger charge is 2.14. The first kappa shape index (κ1) is 9.92. The van der Waals surface area contributed by atoms with Crippen molar-refractivity contribution in [3.63, 3.8) is 0 Å². The van der Waals surface area contributed by atoms with Crippen LogP contribution >= 0.6 is 0 Å². The third-order valence-corrected chi connectivity index (χ3v) is 1.29. The summed E-state index contributed by atoms with van der Waals surface area (Å²) in [5, 5.41) is 9.29. The second kappa shape index (κ2) is 3.70. The number of rotatable bonds is 3. The molecule has 72 valence electrons. The molecule has 0 aliphatic rings. The van der Waals surface area contributed by atoms with Crippen molar-refractivity contribution < 1.29 is 14.2 Å². The fourth-order valence-electron chi connectivity index (χ4n) is 0.722. The standard InChI is InChI=1S/C9H12FNO2/c1-9(2,12)6-13-8-7(10)4-3-5-11-8/h3-5,12H,6H2,1-2H3. The Morgan fingerprint density at radius 2 is 2.31 bits per heavy atom. The van der Waals surface area contributed by atoms with E-state index in [9.17, 15) is 9.50 Å². The molecule has 0 aromatic carbocycles. The second-order valence-electron chi connectivity index (χ2n) is 3.39. The SMILES string of the molecule is CC(C)(O)COc1ncccc1F. The molecule has 0 aliphatic heterocycles. The lowest BCUT2D eigenvalue weighted by atomic mass is 10.2. The number of aromatic nitrogens is 1. The van der Waals surface area contributed by atoms with Gasteiger partial charge in [-0.1, -0.05) is 0 Å². The molecule has 0 aliphatic carbocycles. The lowest BCUT2D eigenvalue weighted by Gasteiger charge is -2.17. The van der Waals surface area contributed by atoms with Crippen molar-refractivity contribution in [2.24, 2.45) is 0 Å². The van der Waals surface area contributed by atoms with Gasteiger partial charge in [0.05, 0.1) is 5.60 Å². The molecule has 1 heterocycles. The normalized spacial score (nSPS) is 11.4. The number of ether oxygens (including phenoxy) is 1. The van der Waals surface area contributed by atoms with E-state index in [0.29, 0.717) is 0 Å². The van der Waals surface area contributed by atoms with Crippen LogP contribution in [-0.4, -0.2) is 22.3 Å². The molecule has 0 spiro atoms. The quantitative estimate of drug-likeness (QED) is 0.773. The molecule has 0 saturated heterocycles. The van der Waals surface area contributed by atoms with Gasteiger partial charge in [-0.2, -0.15) is 0 Å². The highest BCUT2D eigenvalue weighted by molar-refractivity contribution is 5.12. The Labute approximate surface area is 76.2 Å². The topological polar surface area (TPSA) is 42.4 Å². The van der Waals surface area contributed by atoms with Crippen molar-refractivity contribution in [2.45, 2.75) is 19.4 Å². The van der Waals surface area contributed by atoms with Gasteiger partial charge in [0.15, 0.2) is 5.82 Å². The summed E-state index contributed by atoms with van der Waals surface area (Å²) < 4.78 is 17.9. The number of aliphatic hydroxyl groups is 1. The van der Waals surface area contributed by atoms with Crippen LogP contribution in [0.4, 0.5) is 4.39 Å². The molecule has 0 atom stereocenters. The smallest absolute Gasteiger partial charge is 0.250 e. The molecule has 3 nitrogen and oxygen atoms in total. The Morgan fingerprint density at radius 1 is 1.62 bits per heavy atom. The van der Waals surface area contributed by atoms with Crippen LogP contribution in [0.15, 0.2) is 18.3 Å². The van der Waals surface area contributed by atoms with Crippen LogP contribution in [0.2, 0.25) is 0 Å². The van der Waals surface area contributed by atoms with E-state index in [1.54, 1.807) is 13.8 Å². The van der Waals surface area contributed by atoms with E-state index >= 15 is 0 Å². The lowest BCUT2D eigenvalue weighted by Crippen LogP contribution is -2.28. The highest BCUT2D eigenvalue weighted by Crippen LogP contribution is 2.13. The van der Waals surface area contributed by atoms with Crippen molar-refractivity contribution in [1.82, 2.24) is 4.98 Å². The van der Waals surface area contributed by atoms with Crippen LogP contribution in [0.3, 0.4) is 0 Å². The number of hydrogen-bond acceptors (Lipinski definition) is 3. The molecule has 0 fully saturated rings. The fraction of sp³-hybridized carbons (Fsp3) is 0.444. The van der Waals surface area contributed by atoms with Crippen molar-refractivity contribution in [3.8, 4) is 5.88 Å². The minimum absolute atomic E-state index is 0.0148. The zero-order valence-electron chi connectivity index (χ0n) is 7.62. The van der Waals surface area contributed by atoms with Crippen LogP contribution in [0, 0.1) is 5.82 Å². The summed E-state index contributed by atoms with van der Waals surface area (Å²) in [6.07, 6.45) is 1.43. The van der Waals surface area contributed by atoms with Crippen molar-refractivity contribution >= 4 is 0 Å². The predicted octanol–water partition coefficient (Wildman–Crippen LogP) is 1.37. The number of hydrogen-bond donors (Lipinski definition) is 1. The molecule has 0 amide bonds. The average Bonchev–Trinajstić information content (AvgIpc) is 2.01. The first-order valence-corrected chi connectivity index (χ1v) is 3.95. The van der Waals surface area contributed by atoms with Gasteiger partial charge in [0, 0.05) is 6.20 Å². The third-order valence-electron chi connectivity index (χ3n) is 1.29. The summed E-state index contributed by atoms with van der Waals surface area (Å²) in [5.41, 5.74) is -0.982. The molecule has 0 unspecified atom stereocenters. The van der Waals surface area contributed by atoms with Crippen LogP contribution in [0.5, 0.6) is 5.88 Å². The Balaban J connectivity index is 2.60. The Kier molecular flexibility index (Phi) is 2.83. The van der Waals surface area contributed by atoms with Gasteiger partial charge in [-0.15, -0.1) is 0 Å². The molecule has 4 heteroatoms. The summed E-state index contributed by atoms with van der Waals surface area (Å²) in [4.78, 5) is 3.67. The van der Waals surface area contributed by atoms with Crippen molar-refractivity contribution in [1.29, 1.82) is 0 Å². The maximum absolute atomic E-state index is 12.9. The van der Waals surface area contributed by atoms with Gasteiger partial charge in [-0.3, -0.25) is 0 Å². The lowest BCUT2D eigenvalue weighted by molar-refractivity contribution is 0.0254. The molecule has 0 saturated carbocycles. The summed E-state index contributed by atoms with van der Waals surface area (Å²) in [6.45, 7) is 3.17. The Bertz CT molecular complexity index is 283. The van der Waals surface area contributed by atoms with E-state index in [4.69, 9.17) is 4.74 Å². The van der Waals surface area contributed by atoms with Crippen molar-refractivity contribution in [3.05, 3.63) is 24.1 Å². The fourth-order valence-corrected chi connectivity index (χ4v) is 0.722. The first-order valence-electron chi connectivity index (χ1n) is 3.95. The minimum Gasteiger partial charge on any atom is -0.473 e. The van der Waals surface area contributed by atoms with E-state index in [1.807, 2.05) is 0 Å². The second-order valence-corrected chi connectivity index (χ2v) is 3.39. The van der Waals surface area contributed by atoms with Crippen LogP contribution in [0.25, 0.3) is 0 Å². The van der Waals surface area contributed by atoms with Crippen LogP contribution in [-0.2, 0) is 0 Å². The average molecular weight is 185 g/mol. The first-order chi connectivity index (χ1) is 5.99. The molecular formula is C9H12FNO2. The summed E-state index contributed by atoms with van der Waals surface area (Å²) in [5.74, 6) is -0.601. The maximum Gasteiger partial charge on any atom is 0.250 e. The van der Waals surface area contributed by atoms with Gasteiger partial charge in [-0.25, -0.2) is 9.37 Å². The Morgan fingerprint density at radius 3 is 2.85 bits per heavy atom. The minimum atomic E-state index is -0.982. The zero-order valence-corrected chi connectivity index (χ0v) is 7.62. The molecule has 13 heavy (non-hydrogen) atoms. The highest BCUT2D eigenvalue weighted by atomic mass is 19.1. The number of halogens is 1. The maximum atomic E-state index is 12.9. The zero-order chi connectivity index (χ0) is 9.90. The van der Waals surface area contributed by atoms with E-state index < -0.39 is 11.4 Å². The number of pyridine rings is 1. The summed E-state index contributed by atoms with van der Waals surface area (Å²) in [6, 6.07) is 2.74. The van der Waals surface area contributed by atoms with E-state index in [1.165, 1.54) is 18.3 Å². The molecular weight excluding hydrogens is 173 g/mol. The monoisotopic (exact) mass is 185 g/mol. The molecule has 1 aromatic heterocycles. The number of nitrogens with zero attached hydrogens (tertiary/aromatic N) is 1. The van der Waals surface area contributed by atoms with Crippen molar-refractivity contribution in [2.75, 3.05) is 6.61 Å². The predicted molar refractivity (Wildman–Crippen MR) is 46.0 cm³/mol. The van der Waals surface area contributed by atoms with Gasteiger partial charge in [0.1, 0.15) is 6.61 Å². The summed E-state index contributed by atoms with van der Waals surface area (Å²) >= 11 is 0. The third kappa shape index (κ3) is 3.38. The van der Waals surface area contributed by atoms with Gasteiger partial charge >= 0.3 is 0 Å². The van der Waals surface area contributed by atoms with Gasteiger partial charge in [-0.05, 0) is 26.0 Å². The van der Waals surface area contributed by atoms with Crippen LogP contribution < -0.4 is 4.74 Å². The van der Waals surface area contributed by atoms with Crippen LogP contribution in [0.1, 0.15) is 13.8 Å². The molecule has 0 bridgehead atoms. The molecule has 1 rings (SSSR count). The van der Waals surface area contributed by atoms with Gasteiger partial charge in [0.2, 0.25) is 5.88 Å². The largest absolute Gasteiger partial charge is 0.473 e. The van der Waals surface area contributed by atoms with Gasteiger partial charge < -0.3 is 9.84 Å².